The lowest BCUT2D eigenvalue weighted by Crippen LogP contribution is -2.27. The molecule has 2 aromatic rings. The minimum atomic E-state index is -0.309. The van der Waals surface area contributed by atoms with E-state index >= 15 is 0 Å². The van der Waals surface area contributed by atoms with Crippen LogP contribution in [0.25, 0.3) is 0 Å². The summed E-state index contributed by atoms with van der Waals surface area (Å²) >= 11 is 0. The van der Waals surface area contributed by atoms with Crippen molar-refractivity contribution < 1.29 is 4.79 Å². The second kappa shape index (κ2) is 6.09. The molecule has 0 fully saturated rings. The highest BCUT2D eigenvalue weighted by atomic mass is 16.2. The van der Waals surface area contributed by atoms with Crippen molar-refractivity contribution in [2.75, 3.05) is 5.73 Å². The third-order valence-electron chi connectivity index (χ3n) is 3.22. The molecule has 0 bridgehead atoms. The number of amides is 1. The Balaban J connectivity index is 2.10. The molecule has 108 valence electrons. The molecule has 0 aliphatic carbocycles. The summed E-state index contributed by atoms with van der Waals surface area (Å²) in [6, 6.07) is 8.94. The van der Waals surface area contributed by atoms with Gasteiger partial charge in [-0.1, -0.05) is 12.1 Å². The molecule has 1 aromatic carbocycles. The van der Waals surface area contributed by atoms with Gasteiger partial charge in [0, 0.05) is 12.7 Å². The van der Waals surface area contributed by atoms with E-state index in [0.717, 1.165) is 5.56 Å². The van der Waals surface area contributed by atoms with E-state index in [0.29, 0.717) is 17.8 Å². The molecule has 0 saturated carbocycles. The molecule has 3 N–H and O–H groups in total. The van der Waals surface area contributed by atoms with Crippen LogP contribution in [-0.2, 0) is 6.54 Å². The topological polar surface area (TPSA) is 96.7 Å². The van der Waals surface area contributed by atoms with Gasteiger partial charge in [0.15, 0.2) is 5.69 Å². The van der Waals surface area contributed by atoms with Gasteiger partial charge in [0.1, 0.15) is 0 Å². The molecule has 6 heteroatoms. The summed E-state index contributed by atoms with van der Waals surface area (Å²) in [4.78, 5) is 12.2. The molecule has 0 aliphatic heterocycles. The van der Waals surface area contributed by atoms with E-state index < -0.39 is 0 Å². The number of nitrogens with two attached hydrogens (primary N) is 1. The van der Waals surface area contributed by atoms with Crippen LogP contribution in [0.3, 0.4) is 0 Å². The average molecular weight is 283 g/mol. The van der Waals surface area contributed by atoms with Crippen molar-refractivity contribution in [2.45, 2.75) is 26.4 Å². The Bertz CT molecular complexity index is 681. The van der Waals surface area contributed by atoms with Gasteiger partial charge < -0.3 is 11.1 Å². The SMILES string of the molecule is CCn1cc(N)c(C(=O)NC(C)c2ccc(C#N)cc2)n1. The van der Waals surface area contributed by atoms with E-state index in [1.165, 1.54) is 0 Å². The Hall–Kier alpha value is -2.81. The van der Waals surface area contributed by atoms with Crippen molar-refractivity contribution in [1.29, 1.82) is 5.26 Å². The van der Waals surface area contributed by atoms with Crippen LogP contribution in [-0.4, -0.2) is 15.7 Å². The second-order valence-electron chi connectivity index (χ2n) is 4.72. The van der Waals surface area contributed by atoms with Crippen LogP contribution >= 0.6 is 0 Å². The van der Waals surface area contributed by atoms with Crippen LogP contribution in [0.15, 0.2) is 30.5 Å². The highest BCUT2D eigenvalue weighted by Gasteiger charge is 2.17. The van der Waals surface area contributed by atoms with Gasteiger partial charge in [-0.05, 0) is 31.5 Å². The zero-order chi connectivity index (χ0) is 15.4. The fourth-order valence-electron chi connectivity index (χ4n) is 1.97. The summed E-state index contributed by atoms with van der Waals surface area (Å²) in [5.74, 6) is -0.309. The number of benzene rings is 1. The number of nitrogen functional groups attached to an aromatic ring is 1. The third-order valence-corrected chi connectivity index (χ3v) is 3.22. The van der Waals surface area contributed by atoms with Crippen molar-refractivity contribution >= 4 is 11.6 Å². The molecule has 1 unspecified atom stereocenters. The van der Waals surface area contributed by atoms with Crippen molar-refractivity contribution in [3.05, 3.63) is 47.3 Å². The maximum atomic E-state index is 12.2. The summed E-state index contributed by atoms with van der Waals surface area (Å²) in [6.07, 6.45) is 1.64. The van der Waals surface area contributed by atoms with Crippen LogP contribution in [0.2, 0.25) is 0 Å². The van der Waals surface area contributed by atoms with Crippen molar-refractivity contribution in [3.8, 4) is 6.07 Å². The normalized spacial score (nSPS) is 11.7. The summed E-state index contributed by atoms with van der Waals surface area (Å²) in [5, 5.41) is 15.8. The number of aryl methyl sites for hydroxylation is 1. The van der Waals surface area contributed by atoms with Gasteiger partial charge in [-0.3, -0.25) is 9.48 Å². The molecule has 1 heterocycles. The van der Waals surface area contributed by atoms with Gasteiger partial charge in [0.05, 0.1) is 23.4 Å². The van der Waals surface area contributed by atoms with Crippen molar-refractivity contribution in [3.63, 3.8) is 0 Å². The Morgan fingerprint density at radius 1 is 1.48 bits per heavy atom. The third kappa shape index (κ3) is 3.20. The first kappa shape index (κ1) is 14.6. The molecule has 1 aromatic heterocycles. The summed E-state index contributed by atoms with van der Waals surface area (Å²) in [7, 11) is 0. The minimum absolute atomic E-state index is 0.198. The smallest absolute Gasteiger partial charge is 0.274 e. The molecule has 2 rings (SSSR count). The second-order valence-corrected chi connectivity index (χ2v) is 4.72. The fraction of sp³-hybridized carbons (Fsp3) is 0.267. The monoisotopic (exact) mass is 283 g/mol. The average Bonchev–Trinajstić information content (AvgIpc) is 2.88. The molecule has 1 amide bonds. The largest absolute Gasteiger partial charge is 0.396 e. The Labute approximate surface area is 123 Å². The Morgan fingerprint density at radius 2 is 2.14 bits per heavy atom. The molecule has 0 saturated heterocycles. The zero-order valence-electron chi connectivity index (χ0n) is 12.0. The van der Waals surface area contributed by atoms with Gasteiger partial charge in [0.2, 0.25) is 0 Å². The number of nitrogens with zero attached hydrogens (tertiary/aromatic N) is 3. The number of carbonyl (C=O) groups excluding carboxylic acids is 1. The van der Waals surface area contributed by atoms with Crippen LogP contribution in [0, 0.1) is 11.3 Å². The maximum absolute atomic E-state index is 12.2. The number of nitriles is 1. The molecule has 0 aliphatic rings. The van der Waals surface area contributed by atoms with E-state index in [2.05, 4.69) is 16.5 Å². The predicted octanol–water partition coefficient (Wildman–Crippen LogP) is 1.85. The highest BCUT2D eigenvalue weighted by molar-refractivity contribution is 5.97. The lowest BCUT2D eigenvalue weighted by atomic mass is 10.1. The van der Waals surface area contributed by atoms with Gasteiger partial charge in [-0.25, -0.2) is 0 Å². The van der Waals surface area contributed by atoms with E-state index in [4.69, 9.17) is 11.0 Å². The lowest BCUT2D eigenvalue weighted by molar-refractivity contribution is 0.0935. The first-order chi connectivity index (χ1) is 10.0. The number of anilines is 1. The summed E-state index contributed by atoms with van der Waals surface area (Å²) in [6.45, 7) is 4.45. The van der Waals surface area contributed by atoms with E-state index in [1.54, 1.807) is 23.0 Å². The first-order valence-corrected chi connectivity index (χ1v) is 6.69. The predicted molar refractivity (Wildman–Crippen MR) is 79.4 cm³/mol. The molecule has 0 radical (unpaired) electrons. The standard InChI is InChI=1S/C15H17N5O/c1-3-20-9-13(17)14(19-20)15(21)18-10(2)12-6-4-11(8-16)5-7-12/h4-7,9-10H,3,17H2,1-2H3,(H,18,21). The van der Waals surface area contributed by atoms with E-state index in [9.17, 15) is 4.79 Å². The first-order valence-electron chi connectivity index (χ1n) is 6.69. The van der Waals surface area contributed by atoms with Gasteiger partial charge >= 0.3 is 0 Å². The van der Waals surface area contributed by atoms with Gasteiger partial charge in [-0.2, -0.15) is 10.4 Å². The summed E-state index contributed by atoms with van der Waals surface area (Å²) < 4.78 is 1.62. The number of hydrogen-bond donors (Lipinski definition) is 2. The van der Waals surface area contributed by atoms with Gasteiger partial charge in [-0.15, -0.1) is 0 Å². The van der Waals surface area contributed by atoms with Crippen LogP contribution < -0.4 is 11.1 Å². The van der Waals surface area contributed by atoms with Crippen molar-refractivity contribution in [1.82, 2.24) is 15.1 Å². The number of rotatable bonds is 4. The minimum Gasteiger partial charge on any atom is -0.396 e. The Morgan fingerprint density at radius 3 is 2.67 bits per heavy atom. The van der Waals surface area contributed by atoms with Crippen molar-refractivity contribution in [2.24, 2.45) is 0 Å². The summed E-state index contributed by atoms with van der Waals surface area (Å²) in [5.41, 5.74) is 7.89. The van der Waals surface area contributed by atoms with E-state index in [-0.39, 0.29) is 17.6 Å². The molecule has 21 heavy (non-hydrogen) atoms. The lowest BCUT2D eigenvalue weighted by Gasteiger charge is -2.13. The van der Waals surface area contributed by atoms with E-state index in [1.807, 2.05) is 26.0 Å². The number of nitrogens with one attached hydrogen (secondary N) is 1. The van der Waals surface area contributed by atoms with Crippen LogP contribution in [0.4, 0.5) is 5.69 Å². The van der Waals surface area contributed by atoms with Crippen LogP contribution in [0.5, 0.6) is 0 Å². The highest BCUT2D eigenvalue weighted by Crippen LogP contribution is 2.15. The molecular formula is C15H17N5O. The number of aromatic nitrogens is 2. The Kier molecular flexibility index (Phi) is 4.24. The number of hydrogen-bond acceptors (Lipinski definition) is 4. The molecule has 6 nitrogen and oxygen atoms in total. The van der Waals surface area contributed by atoms with Gasteiger partial charge in [0.25, 0.3) is 5.91 Å². The zero-order valence-corrected chi connectivity index (χ0v) is 12.0. The quantitative estimate of drug-likeness (QED) is 0.894. The molecule has 0 spiro atoms. The molecule has 1 atom stereocenters. The number of carbonyl (C=O) groups is 1. The fourth-order valence-corrected chi connectivity index (χ4v) is 1.97. The maximum Gasteiger partial charge on any atom is 0.274 e. The van der Waals surface area contributed by atoms with Crippen LogP contribution in [0.1, 0.15) is 41.5 Å². The molecular weight excluding hydrogens is 266 g/mol.